The van der Waals surface area contributed by atoms with Gasteiger partial charge >= 0.3 is 0 Å². The molecule has 2 heteroatoms. The second-order valence-electron chi connectivity index (χ2n) is 4.89. The van der Waals surface area contributed by atoms with Crippen LogP contribution in [-0.2, 0) is 4.74 Å². The Morgan fingerprint density at radius 2 is 2.29 bits per heavy atom. The molecule has 3 aliphatic rings. The van der Waals surface area contributed by atoms with Gasteiger partial charge in [0.2, 0.25) is 0 Å². The molecule has 0 spiro atoms. The molecule has 0 aromatic rings. The molecule has 0 radical (unpaired) electrons. The molecule has 0 bridgehead atoms. The van der Waals surface area contributed by atoms with Crippen molar-refractivity contribution in [1.82, 2.24) is 5.32 Å². The van der Waals surface area contributed by atoms with Gasteiger partial charge in [-0.05, 0) is 56.6 Å². The van der Waals surface area contributed by atoms with Gasteiger partial charge in [0.25, 0.3) is 0 Å². The van der Waals surface area contributed by atoms with Crippen LogP contribution in [0.3, 0.4) is 0 Å². The molecule has 1 unspecified atom stereocenters. The van der Waals surface area contributed by atoms with Crippen LogP contribution in [-0.4, -0.2) is 18.7 Å². The first-order chi connectivity index (χ1) is 6.92. The fourth-order valence-corrected chi connectivity index (χ4v) is 3.12. The van der Waals surface area contributed by atoms with Crippen molar-refractivity contribution in [3.05, 3.63) is 11.8 Å². The zero-order valence-electron chi connectivity index (χ0n) is 8.72. The number of hydrogen-bond donors (Lipinski definition) is 1. The summed E-state index contributed by atoms with van der Waals surface area (Å²) < 4.78 is 5.50. The molecule has 2 nitrogen and oxygen atoms in total. The van der Waals surface area contributed by atoms with Crippen LogP contribution in [0.1, 0.15) is 38.5 Å². The lowest BCUT2D eigenvalue weighted by atomic mass is 9.81. The van der Waals surface area contributed by atoms with Gasteiger partial charge in [0.1, 0.15) is 0 Å². The van der Waals surface area contributed by atoms with Crippen molar-refractivity contribution in [2.75, 3.05) is 13.2 Å². The Balaban J connectivity index is 1.86. The third kappa shape index (κ3) is 1.28. The summed E-state index contributed by atoms with van der Waals surface area (Å²) in [7, 11) is 0. The van der Waals surface area contributed by atoms with E-state index in [0.717, 1.165) is 12.5 Å². The summed E-state index contributed by atoms with van der Waals surface area (Å²) in [5, 5.41) is 3.75. The topological polar surface area (TPSA) is 21.3 Å². The maximum Gasteiger partial charge on any atom is 0.0876 e. The van der Waals surface area contributed by atoms with Gasteiger partial charge < -0.3 is 10.1 Å². The van der Waals surface area contributed by atoms with E-state index in [9.17, 15) is 0 Å². The van der Waals surface area contributed by atoms with E-state index in [-0.39, 0.29) is 0 Å². The van der Waals surface area contributed by atoms with Gasteiger partial charge in [-0.1, -0.05) is 0 Å². The van der Waals surface area contributed by atoms with E-state index in [2.05, 4.69) is 11.6 Å². The zero-order valence-corrected chi connectivity index (χ0v) is 8.72. The van der Waals surface area contributed by atoms with E-state index in [1.165, 1.54) is 45.1 Å². The van der Waals surface area contributed by atoms with Crippen molar-refractivity contribution in [2.45, 2.75) is 44.1 Å². The first kappa shape index (κ1) is 8.78. The molecule has 1 saturated heterocycles. The van der Waals surface area contributed by atoms with Gasteiger partial charge in [-0.3, -0.25) is 0 Å². The lowest BCUT2D eigenvalue weighted by Gasteiger charge is -2.34. The summed E-state index contributed by atoms with van der Waals surface area (Å²) in [6, 6.07) is 0. The van der Waals surface area contributed by atoms with E-state index in [4.69, 9.17) is 4.74 Å². The highest BCUT2D eigenvalue weighted by atomic mass is 16.5. The van der Waals surface area contributed by atoms with Gasteiger partial charge in [0.15, 0.2) is 0 Å². The van der Waals surface area contributed by atoms with Crippen LogP contribution in [0.5, 0.6) is 0 Å². The quantitative estimate of drug-likeness (QED) is 0.726. The second-order valence-corrected chi connectivity index (χ2v) is 4.89. The Kier molecular flexibility index (Phi) is 2.05. The molecule has 1 aliphatic carbocycles. The Labute approximate surface area is 85.7 Å². The van der Waals surface area contributed by atoms with E-state index >= 15 is 0 Å². The number of nitrogens with one attached hydrogen (secondary N) is 1. The molecule has 2 aliphatic heterocycles. The molecule has 2 fully saturated rings. The fourth-order valence-electron chi connectivity index (χ4n) is 3.12. The molecule has 14 heavy (non-hydrogen) atoms. The molecule has 3 rings (SSSR count). The molecule has 0 amide bonds. The van der Waals surface area contributed by atoms with E-state index in [1.54, 1.807) is 5.57 Å². The van der Waals surface area contributed by atoms with Crippen LogP contribution < -0.4 is 5.32 Å². The second kappa shape index (κ2) is 3.27. The predicted molar refractivity (Wildman–Crippen MR) is 56.0 cm³/mol. The van der Waals surface area contributed by atoms with Crippen LogP contribution >= 0.6 is 0 Å². The van der Waals surface area contributed by atoms with Crippen LogP contribution in [0.15, 0.2) is 11.8 Å². The Bertz CT molecular complexity index is 249. The lowest BCUT2D eigenvalue weighted by Crippen LogP contribution is -2.44. The highest BCUT2D eigenvalue weighted by molar-refractivity contribution is 5.26. The zero-order chi connectivity index (χ0) is 9.43. The maximum atomic E-state index is 5.50. The van der Waals surface area contributed by atoms with Gasteiger partial charge in [-0.25, -0.2) is 0 Å². The number of ether oxygens (including phenoxy) is 1. The lowest BCUT2D eigenvalue weighted by molar-refractivity contribution is 0.206. The number of hydrogen-bond acceptors (Lipinski definition) is 2. The van der Waals surface area contributed by atoms with Crippen LogP contribution in [0, 0.1) is 5.92 Å². The Morgan fingerprint density at radius 3 is 2.86 bits per heavy atom. The normalized spacial score (nSPS) is 37.9. The average Bonchev–Trinajstić information content (AvgIpc) is 2.99. The van der Waals surface area contributed by atoms with Crippen molar-refractivity contribution in [3.63, 3.8) is 0 Å². The molecule has 1 N–H and O–H groups in total. The predicted octanol–water partition coefficient (Wildman–Crippen LogP) is 2.21. The maximum absolute atomic E-state index is 5.50. The first-order valence-electron chi connectivity index (χ1n) is 5.98. The van der Waals surface area contributed by atoms with Crippen LogP contribution in [0.25, 0.3) is 0 Å². The summed E-state index contributed by atoms with van der Waals surface area (Å²) in [6.45, 7) is 2.12. The summed E-state index contributed by atoms with van der Waals surface area (Å²) in [5.74, 6) is 0.915. The monoisotopic (exact) mass is 193 g/mol. The Morgan fingerprint density at radius 1 is 1.36 bits per heavy atom. The third-order valence-electron chi connectivity index (χ3n) is 3.97. The van der Waals surface area contributed by atoms with Crippen LogP contribution in [0.4, 0.5) is 0 Å². The van der Waals surface area contributed by atoms with Gasteiger partial charge in [-0.15, -0.1) is 0 Å². The Hall–Kier alpha value is -0.500. The highest BCUT2D eigenvalue weighted by Crippen LogP contribution is 2.49. The van der Waals surface area contributed by atoms with Crippen molar-refractivity contribution >= 4 is 0 Å². The van der Waals surface area contributed by atoms with Crippen molar-refractivity contribution in [3.8, 4) is 0 Å². The smallest absolute Gasteiger partial charge is 0.0876 e. The molecule has 2 heterocycles. The minimum atomic E-state index is 0.362. The van der Waals surface area contributed by atoms with Gasteiger partial charge in [-0.2, -0.15) is 0 Å². The van der Waals surface area contributed by atoms with Gasteiger partial charge in [0, 0.05) is 5.54 Å². The first-order valence-corrected chi connectivity index (χ1v) is 5.98. The van der Waals surface area contributed by atoms with E-state index in [0.29, 0.717) is 5.54 Å². The third-order valence-corrected chi connectivity index (χ3v) is 3.97. The van der Waals surface area contributed by atoms with E-state index in [1.807, 2.05) is 0 Å². The summed E-state index contributed by atoms with van der Waals surface area (Å²) in [5.41, 5.74) is 1.92. The van der Waals surface area contributed by atoms with E-state index < -0.39 is 0 Å². The minimum Gasteiger partial charge on any atom is -0.501 e. The molecular weight excluding hydrogens is 174 g/mol. The molecule has 0 aromatic carbocycles. The molecular formula is C12H19NO. The molecule has 1 atom stereocenters. The standard InChI is InChI=1S/C12H19NO/c1-3-11(9-14-8-1)12(10-4-5-10)6-2-7-13-12/h9-10,13H,1-8H2. The molecule has 78 valence electrons. The number of rotatable bonds is 2. The SMILES string of the molecule is C1=C(C2(C3CC3)CCCN2)CCCO1. The van der Waals surface area contributed by atoms with Crippen molar-refractivity contribution in [1.29, 1.82) is 0 Å². The van der Waals surface area contributed by atoms with Crippen molar-refractivity contribution in [2.24, 2.45) is 5.92 Å². The van der Waals surface area contributed by atoms with Crippen molar-refractivity contribution < 1.29 is 4.74 Å². The highest BCUT2D eigenvalue weighted by Gasteiger charge is 2.49. The average molecular weight is 193 g/mol. The van der Waals surface area contributed by atoms with Crippen LogP contribution in [0.2, 0.25) is 0 Å². The fraction of sp³-hybridized carbons (Fsp3) is 0.833. The van der Waals surface area contributed by atoms with Gasteiger partial charge in [0.05, 0.1) is 12.9 Å². The molecule has 0 aromatic heterocycles. The minimum absolute atomic E-state index is 0.362. The molecule has 1 saturated carbocycles. The summed E-state index contributed by atoms with van der Waals surface area (Å²) in [6.07, 6.45) is 10.0. The largest absolute Gasteiger partial charge is 0.501 e. The summed E-state index contributed by atoms with van der Waals surface area (Å²) in [4.78, 5) is 0. The summed E-state index contributed by atoms with van der Waals surface area (Å²) >= 11 is 0.